The molecular formula is C16H28O2. The molecule has 18 heavy (non-hydrogen) atoms. The number of esters is 1. The molecule has 0 aromatic rings. The number of rotatable bonds is 3. The van der Waals surface area contributed by atoms with Gasteiger partial charge in [0.15, 0.2) is 0 Å². The van der Waals surface area contributed by atoms with E-state index in [1.807, 2.05) is 0 Å². The van der Waals surface area contributed by atoms with Crippen LogP contribution in [0.5, 0.6) is 0 Å². The second-order valence-electron chi connectivity index (χ2n) is 5.68. The van der Waals surface area contributed by atoms with Crippen LogP contribution in [0.2, 0.25) is 0 Å². The molecule has 1 rings (SSSR count). The Morgan fingerprint density at radius 3 is 1.89 bits per heavy atom. The van der Waals surface area contributed by atoms with Crippen LogP contribution in [-0.4, -0.2) is 11.6 Å². The molecule has 0 aromatic carbocycles. The molecule has 1 aliphatic carbocycles. The lowest BCUT2D eigenvalue weighted by Gasteiger charge is -2.33. The van der Waals surface area contributed by atoms with Crippen LogP contribution in [0.3, 0.4) is 0 Å². The van der Waals surface area contributed by atoms with Gasteiger partial charge in [0.25, 0.3) is 0 Å². The van der Waals surface area contributed by atoms with Crippen molar-refractivity contribution < 1.29 is 9.53 Å². The first-order valence-electron chi connectivity index (χ1n) is 7.48. The highest BCUT2D eigenvalue weighted by molar-refractivity contribution is 5.87. The standard InChI is InChI=1S/C16H28O2/c1-4-16(18-15(17)14(2)3)12-10-8-6-5-7-9-11-13-16/h2,4-13H2,1,3H3. The maximum Gasteiger partial charge on any atom is 0.333 e. The first-order chi connectivity index (χ1) is 8.59. The second kappa shape index (κ2) is 7.60. The summed E-state index contributed by atoms with van der Waals surface area (Å²) in [5.41, 5.74) is 0.285. The zero-order chi connectivity index (χ0) is 13.4. The van der Waals surface area contributed by atoms with Gasteiger partial charge in [0.2, 0.25) is 0 Å². The molecule has 104 valence electrons. The van der Waals surface area contributed by atoms with E-state index in [2.05, 4.69) is 13.5 Å². The molecule has 0 atom stereocenters. The van der Waals surface area contributed by atoms with Crippen molar-refractivity contribution in [3.8, 4) is 0 Å². The zero-order valence-electron chi connectivity index (χ0n) is 12.1. The lowest BCUT2D eigenvalue weighted by Crippen LogP contribution is -2.35. The van der Waals surface area contributed by atoms with Gasteiger partial charge in [-0.2, -0.15) is 0 Å². The maximum absolute atomic E-state index is 11.8. The van der Waals surface area contributed by atoms with Crippen LogP contribution in [0.4, 0.5) is 0 Å². The minimum absolute atomic E-state index is 0.214. The van der Waals surface area contributed by atoms with E-state index in [9.17, 15) is 4.79 Å². The van der Waals surface area contributed by atoms with Crippen molar-refractivity contribution in [2.45, 2.75) is 83.7 Å². The number of ether oxygens (including phenoxy) is 1. The summed E-state index contributed by atoms with van der Waals surface area (Å²) in [7, 11) is 0. The summed E-state index contributed by atoms with van der Waals surface area (Å²) in [4.78, 5) is 11.8. The minimum atomic E-state index is -0.229. The van der Waals surface area contributed by atoms with E-state index in [4.69, 9.17) is 4.74 Å². The van der Waals surface area contributed by atoms with Crippen molar-refractivity contribution in [1.82, 2.24) is 0 Å². The van der Waals surface area contributed by atoms with E-state index in [1.165, 1.54) is 44.9 Å². The highest BCUT2D eigenvalue weighted by atomic mass is 16.6. The van der Waals surface area contributed by atoms with Gasteiger partial charge in [-0.1, -0.05) is 45.6 Å². The molecule has 1 saturated carbocycles. The molecule has 0 heterocycles. The van der Waals surface area contributed by atoms with Crippen LogP contribution in [0.25, 0.3) is 0 Å². The fourth-order valence-corrected chi connectivity index (χ4v) is 2.71. The molecule has 1 aliphatic rings. The predicted octanol–water partition coefficient (Wildman–Crippen LogP) is 4.78. The first-order valence-corrected chi connectivity index (χ1v) is 7.48. The van der Waals surface area contributed by atoms with E-state index in [0.29, 0.717) is 5.57 Å². The van der Waals surface area contributed by atoms with Gasteiger partial charge in [-0.15, -0.1) is 0 Å². The Morgan fingerprint density at radius 1 is 1.06 bits per heavy atom. The Hall–Kier alpha value is -0.790. The van der Waals surface area contributed by atoms with Gasteiger partial charge in [0.05, 0.1) is 0 Å². The fraction of sp³-hybridized carbons (Fsp3) is 0.812. The third kappa shape index (κ3) is 4.83. The Morgan fingerprint density at radius 2 is 1.50 bits per heavy atom. The molecule has 2 heteroatoms. The summed E-state index contributed by atoms with van der Waals surface area (Å²) < 4.78 is 5.78. The number of hydrogen-bond acceptors (Lipinski definition) is 2. The molecule has 0 amide bonds. The van der Waals surface area contributed by atoms with E-state index >= 15 is 0 Å². The Bertz CT molecular complexity index is 271. The normalized spacial score (nSPS) is 21.0. The summed E-state index contributed by atoms with van der Waals surface area (Å²) in [6.07, 6.45) is 11.9. The summed E-state index contributed by atoms with van der Waals surface area (Å²) in [6.45, 7) is 7.55. The van der Waals surface area contributed by atoms with Crippen molar-refractivity contribution in [2.75, 3.05) is 0 Å². The smallest absolute Gasteiger partial charge is 0.333 e. The molecule has 0 spiro atoms. The monoisotopic (exact) mass is 252 g/mol. The number of carbonyl (C=O) groups is 1. The largest absolute Gasteiger partial charge is 0.456 e. The van der Waals surface area contributed by atoms with Gasteiger partial charge < -0.3 is 4.74 Å². The van der Waals surface area contributed by atoms with Gasteiger partial charge in [-0.3, -0.25) is 0 Å². The number of hydrogen-bond donors (Lipinski definition) is 0. The molecule has 1 fully saturated rings. The average molecular weight is 252 g/mol. The summed E-state index contributed by atoms with van der Waals surface area (Å²) in [5.74, 6) is -0.214. The van der Waals surface area contributed by atoms with Crippen LogP contribution in [0, 0.1) is 0 Å². The van der Waals surface area contributed by atoms with Gasteiger partial charge >= 0.3 is 5.97 Å². The zero-order valence-corrected chi connectivity index (χ0v) is 12.1. The quantitative estimate of drug-likeness (QED) is 0.534. The Kier molecular flexibility index (Phi) is 6.45. The lowest BCUT2D eigenvalue weighted by atomic mass is 9.86. The minimum Gasteiger partial charge on any atom is -0.456 e. The Labute approximate surface area is 112 Å². The van der Waals surface area contributed by atoms with Crippen LogP contribution < -0.4 is 0 Å². The highest BCUT2D eigenvalue weighted by Crippen LogP contribution is 2.32. The third-order valence-electron chi connectivity index (χ3n) is 4.07. The van der Waals surface area contributed by atoms with E-state index in [0.717, 1.165) is 19.3 Å². The predicted molar refractivity (Wildman–Crippen MR) is 75.5 cm³/mol. The highest BCUT2D eigenvalue weighted by Gasteiger charge is 2.31. The topological polar surface area (TPSA) is 26.3 Å². The Balaban J connectivity index is 2.66. The van der Waals surface area contributed by atoms with Gasteiger partial charge in [0, 0.05) is 5.57 Å². The van der Waals surface area contributed by atoms with Crippen molar-refractivity contribution in [3.63, 3.8) is 0 Å². The number of carbonyl (C=O) groups excluding carboxylic acids is 1. The summed E-state index contributed by atoms with van der Waals surface area (Å²) in [5, 5.41) is 0. The van der Waals surface area contributed by atoms with Crippen LogP contribution in [0.15, 0.2) is 12.2 Å². The van der Waals surface area contributed by atoms with Crippen LogP contribution >= 0.6 is 0 Å². The molecule has 0 bridgehead atoms. The van der Waals surface area contributed by atoms with Crippen LogP contribution in [0.1, 0.15) is 78.1 Å². The van der Waals surface area contributed by atoms with E-state index in [1.54, 1.807) is 6.92 Å². The fourth-order valence-electron chi connectivity index (χ4n) is 2.71. The van der Waals surface area contributed by atoms with Crippen molar-refractivity contribution in [2.24, 2.45) is 0 Å². The van der Waals surface area contributed by atoms with Gasteiger partial charge in [-0.25, -0.2) is 4.79 Å². The summed E-state index contributed by atoms with van der Waals surface area (Å²) in [6, 6.07) is 0. The SMILES string of the molecule is C=C(C)C(=O)OC1(CC)CCCCCCCCC1. The molecule has 0 unspecified atom stereocenters. The van der Waals surface area contributed by atoms with Gasteiger partial charge in [0.1, 0.15) is 5.60 Å². The van der Waals surface area contributed by atoms with E-state index < -0.39 is 0 Å². The van der Waals surface area contributed by atoms with Crippen LogP contribution in [-0.2, 0) is 9.53 Å². The second-order valence-corrected chi connectivity index (χ2v) is 5.68. The third-order valence-corrected chi connectivity index (χ3v) is 4.07. The molecule has 0 aromatic heterocycles. The first kappa shape index (κ1) is 15.3. The molecule has 0 saturated heterocycles. The molecule has 0 radical (unpaired) electrons. The van der Waals surface area contributed by atoms with Crippen molar-refractivity contribution in [1.29, 1.82) is 0 Å². The molecule has 0 aliphatic heterocycles. The average Bonchev–Trinajstić information content (AvgIpc) is 2.36. The summed E-state index contributed by atoms with van der Waals surface area (Å²) >= 11 is 0. The van der Waals surface area contributed by atoms with Crippen molar-refractivity contribution >= 4 is 5.97 Å². The maximum atomic E-state index is 11.8. The van der Waals surface area contributed by atoms with Gasteiger partial charge in [-0.05, 0) is 39.0 Å². The molecule has 0 N–H and O–H groups in total. The van der Waals surface area contributed by atoms with Crippen molar-refractivity contribution in [3.05, 3.63) is 12.2 Å². The molecule has 2 nitrogen and oxygen atoms in total. The molecular weight excluding hydrogens is 224 g/mol. The van der Waals surface area contributed by atoms with E-state index in [-0.39, 0.29) is 11.6 Å². The lowest BCUT2D eigenvalue weighted by molar-refractivity contribution is -0.157.